The summed E-state index contributed by atoms with van der Waals surface area (Å²) in [6.45, 7) is 8.94. The van der Waals surface area contributed by atoms with Crippen LogP contribution in [0, 0.1) is 12.8 Å². The Morgan fingerprint density at radius 2 is 1.97 bits per heavy atom. The lowest BCUT2D eigenvalue weighted by molar-refractivity contribution is -0.127. The third-order valence-corrected chi connectivity index (χ3v) is 6.11. The van der Waals surface area contributed by atoms with Gasteiger partial charge in [-0.05, 0) is 70.5 Å². The van der Waals surface area contributed by atoms with E-state index in [9.17, 15) is 4.79 Å². The molecule has 4 rings (SSSR count). The maximum absolute atomic E-state index is 12.8. The molecule has 1 saturated heterocycles. The molecule has 1 unspecified atom stereocenters. The number of rotatable bonds is 8. The number of nitrogens with zero attached hydrogens (tertiary/aromatic N) is 3. The van der Waals surface area contributed by atoms with Gasteiger partial charge in [0.15, 0.2) is 0 Å². The van der Waals surface area contributed by atoms with Crippen LogP contribution in [0.25, 0.3) is 11.4 Å². The summed E-state index contributed by atoms with van der Waals surface area (Å²) in [6.07, 6.45) is 1.64. The van der Waals surface area contributed by atoms with E-state index in [0.29, 0.717) is 24.9 Å². The number of hydrogen-bond donors (Lipinski definition) is 1. The molecule has 2 heterocycles. The van der Waals surface area contributed by atoms with Gasteiger partial charge < -0.3 is 14.6 Å². The van der Waals surface area contributed by atoms with E-state index < -0.39 is 0 Å². The number of aryl methyl sites for hydroxylation is 1. The molecule has 2 aromatic carbocycles. The van der Waals surface area contributed by atoms with Crippen LogP contribution in [0.4, 0.5) is 0 Å². The maximum Gasteiger partial charge on any atom is 0.241 e. The number of piperidine rings is 1. The van der Waals surface area contributed by atoms with Crippen molar-refractivity contribution in [3.8, 4) is 17.1 Å². The lowest BCUT2D eigenvalue weighted by Crippen LogP contribution is -2.40. The highest BCUT2D eigenvalue weighted by molar-refractivity contribution is 5.79. The molecule has 1 aliphatic heterocycles. The molecule has 1 aliphatic rings. The second kappa shape index (κ2) is 10.6. The van der Waals surface area contributed by atoms with Gasteiger partial charge in [-0.25, -0.2) is 0 Å². The quantitative estimate of drug-likeness (QED) is 0.545. The minimum atomic E-state index is -0.0374. The summed E-state index contributed by atoms with van der Waals surface area (Å²) in [7, 11) is 0. The first-order valence-electron chi connectivity index (χ1n) is 11.7. The Labute approximate surface area is 195 Å². The van der Waals surface area contributed by atoms with Crippen LogP contribution in [-0.2, 0) is 11.3 Å². The second-order valence-electron chi connectivity index (χ2n) is 8.66. The Bertz CT molecular complexity index is 1060. The third kappa shape index (κ3) is 5.99. The molecule has 7 heteroatoms. The van der Waals surface area contributed by atoms with Crippen molar-refractivity contribution in [2.24, 2.45) is 5.92 Å². The van der Waals surface area contributed by atoms with Gasteiger partial charge in [-0.1, -0.05) is 41.1 Å². The number of aromatic nitrogens is 2. The van der Waals surface area contributed by atoms with Crippen molar-refractivity contribution in [3.63, 3.8) is 0 Å². The van der Waals surface area contributed by atoms with Crippen LogP contribution in [0.15, 0.2) is 53.1 Å². The standard InChI is InChI=1S/C26H32N4O3/c1-4-32-23-10-8-20(9-11-23)19(3)27-26(31)21-12-14-30(15-13-21)17-24-28-25(29-33-24)22-7-5-6-18(2)16-22/h5-11,16,19,21H,4,12-15,17H2,1-3H3,(H,27,31). The SMILES string of the molecule is CCOc1ccc(C(C)NC(=O)C2CCN(Cc3nc(-c4cccc(C)c4)no3)CC2)cc1. The van der Waals surface area contributed by atoms with Crippen LogP contribution in [0.3, 0.4) is 0 Å². The Balaban J connectivity index is 1.25. The maximum atomic E-state index is 12.8. The van der Waals surface area contributed by atoms with E-state index in [4.69, 9.17) is 9.26 Å². The predicted octanol–water partition coefficient (Wildman–Crippen LogP) is 4.53. The number of nitrogens with one attached hydrogen (secondary N) is 1. The van der Waals surface area contributed by atoms with Gasteiger partial charge in [-0.3, -0.25) is 9.69 Å². The van der Waals surface area contributed by atoms with Crippen LogP contribution in [0.5, 0.6) is 5.75 Å². The molecule has 0 radical (unpaired) electrons. The van der Waals surface area contributed by atoms with Crippen LogP contribution in [0.1, 0.15) is 49.7 Å². The van der Waals surface area contributed by atoms with Crippen molar-refractivity contribution in [1.29, 1.82) is 0 Å². The molecule has 1 atom stereocenters. The Morgan fingerprint density at radius 3 is 2.67 bits per heavy atom. The highest BCUT2D eigenvalue weighted by atomic mass is 16.5. The third-order valence-electron chi connectivity index (χ3n) is 6.11. The first-order chi connectivity index (χ1) is 16.0. The molecule has 3 aromatic rings. The monoisotopic (exact) mass is 448 g/mol. The van der Waals surface area contributed by atoms with Gasteiger partial charge in [0.1, 0.15) is 5.75 Å². The van der Waals surface area contributed by atoms with Gasteiger partial charge in [0, 0.05) is 11.5 Å². The molecule has 1 aromatic heterocycles. The highest BCUT2D eigenvalue weighted by Crippen LogP contribution is 2.23. The first kappa shape index (κ1) is 23.0. The van der Waals surface area contributed by atoms with E-state index in [-0.39, 0.29) is 17.9 Å². The van der Waals surface area contributed by atoms with Gasteiger partial charge in [0.05, 0.1) is 19.2 Å². The summed E-state index contributed by atoms with van der Waals surface area (Å²) in [5, 5.41) is 7.30. The number of amides is 1. The lowest BCUT2D eigenvalue weighted by Gasteiger charge is -2.30. The molecule has 0 bridgehead atoms. The number of carbonyl (C=O) groups is 1. The topological polar surface area (TPSA) is 80.5 Å². The van der Waals surface area contributed by atoms with Gasteiger partial charge in [-0.15, -0.1) is 0 Å². The minimum absolute atomic E-state index is 0.0249. The Hall–Kier alpha value is -3.19. The van der Waals surface area contributed by atoms with Gasteiger partial charge in [-0.2, -0.15) is 4.98 Å². The molecule has 33 heavy (non-hydrogen) atoms. The highest BCUT2D eigenvalue weighted by Gasteiger charge is 2.27. The van der Waals surface area contributed by atoms with Crippen LogP contribution in [-0.4, -0.2) is 40.6 Å². The summed E-state index contributed by atoms with van der Waals surface area (Å²) in [4.78, 5) is 19.6. The van der Waals surface area contributed by atoms with Gasteiger partial charge in [0.25, 0.3) is 0 Å². The van der Waals surface area contributed by atoms with E-state index in [2.05, 4.69) is 20.4 Å². The average Bonchev–Trinajstić information content (AvgIpc) is 3.29. The van der Waals surface area contributed by atoms with E-state index in [0.717, 1.165) is 48.4 Å². The summed E-state index contributed by atoms with van der Waals surface area (Å²) in [5.74, 6) is 2.22. The average molecular weight is 449 g/mol. The molecule has 0 saturated carbocycles. The van der Waals surface area contributed by atoms with E-state index in [1.165, 1.54) is 0 Å². The Kier molecular flexibility index (Phi) is 7.40. The zero-order valence-corrected chi connectivity index (χ0v) is 19.6. The van der Waals surface area contributed by atoms with Crippen molar-refractivity contribution in [2.75, 3.05) is 19.7 Å². The zero-order valence-electron chi connectivity index (χ0n) is 19.6. The number of ether oxygens (including phenoxy) is 1. The van der Waals surface area contributed by atoms with Crippen molar-refractivity contribution in [3.05, 3.63) is 65.5 Å². The van der Waals surface area contributed by atoms with Gasteiger partial charge in [0.2, 0.25) is 17.6 Å². The summed E-state index contributed by atoms with van der Waals surface area (Å²) >= 11 is 0. The van der Waals surface area contributed by atoms with E-state index >= 15 is 0 Å². The molecular weight excluding hydrogens is 416 g/mol. The first-order valence-corrected chi connectivity index (χ1v) is 11.7. The molecule has 174 valence electrons. The van der Waals surface area contributed by atoms with Crippen molar-refractivity contribution >= 4 is 5.91 Å². The second-order valence-corrected chi connectivity index (χ2v) is 8.66. The van der Waals surface area contributed by atoms with Crippen molar-refractivity contribution < 1.29 is 14.1 Å². The fourth-order valence-corrected chi connectivity index (χ4v) is 4.20. The fraction of sp³-hybridized carbons (Fsp3) is 0.423. The van der Waals surface area contributed by atoms with E-state index in [1.807, 2.05) is 69.3 Å². The largest absolute Gasteiger partial charge is 0.494 e. The van der Waals surface area contributed by atoms with Crippen LogP contribution < -0.4 is 10.1 Å². The Morgan fingerprint density at radius 1 is 1.21 bits per heavy atom. The normalized spacial score (nSPS) is 15.8. The number of hydrogen-bond acceptors (Lipinski definition) is 6. The molecular formula is C26H32N4O3. The van der Waals surface area contributed by atoms with Gasteiger partial charge >= 0.3 is 0 Å². The molecule has 1 fully saturated rings. The number of benzene rings is 2. The molecule has 0 spiro atoms. The van der Waals surface area contributed by atoms with Crippen molar-refractivity contribution in [2.45, 2.75) is 46.2 Å². The molecule has 7 nitrogen and oxygen atoms in total. The minimum Gasteiger partial charge on any atom is -0.494 e. The lowest BCUT2D eigenvalue weighted by atomic mass is 9.95. The number of carbonyl (C=O) groups excluding carboxylic acids is 1. The van der Waals surface area contributed by atoms with Crippen LogP contribution >= 0.6 is 0 Å². The van der Waals surface area contributed by atoms with Crippen molar-refractivity contribution in [1.82, 2.24) is 20.4 Å². The van der Waals surface area contributed by atoms with E-state index in [1.54, 1.807) is 0 Å². The molecule has 1 amide bonds. The predicted molar refractivity (Wildman–Crippen MR) is 127 cm³/mol. The van der Waals surface area contributed by atoms with Crippen LogP contribution in [0.2, 0.25) is 0 Å². The summed E-state index contributed by atoms with van der Waals surface area (Å²) in [6, 6.07) is 15.9. The molecule has 0 aliphatic carbocycles. The summed E-state index contributed by atoms with van der Waals surface area (Å²) < 4.78 is 11.0. The zero-order chi connectivity index (χ0) is 23.2. The number of likely N-dealkylation sites (tertiary alicyclic amines) is 1. The summed E-state index contributed by atoms with van der Waals surface area (Å²) in [5.41, 5.74) is 3.20. The fourth-order valence-electron chi connectivity index (χ4n) is 4.20. The molecule has 1 N–H and O–H groups in total. The smallest absolute Gasteiger partial charge is 0.241 e.